The molecule has 1 heterocycles. The zero-order chi connectivity index (χ0) is 22.7. The number of aliphatic hydroxyl groups excluding tert-OH is 1. The molecule has 3 aliphatic rings. The lowest BCUT2D eigenvalue weighted by molar-refractivity contribution is -0.220. The van der Waals surface area contributed by atoms with E-state index in [1.165, 1.54) is 12.8 Å². The summed E-state index contributed by atoms with van der Waals surface area (Å²) < 4.78 is 40.2. The van der Waals surface area contributed by atoms with Gasteiger partial charge in [-0.15, -0.1) is 6.58 Å². The van der Waals surface area contributed by atoms with Crippen molar-refractivity contribution in [1.82, 2.24) is 0 Å². The van der Waals surface area contributed by atoms with E-state index in [4.69, 9.17) is 9.47 Å². The van der Waals surface area contributed by atoms with Crippen molar-refractivity contribution in [3.63, 3.8) is 0 Å². The van der Waals surface area contributed by atoms with Crippen molar-refractivity contribution in [3.8, 4) is 5.75 Å². The molecule has 178 valence electrons. The van der Waals surface area contributed by atoms with E-state index >= 15 is 0 Å². The average molecular weight is 449 g/mol. The van der Waals surface area contributed by atoms with Crippen LogP contribution in [-0.2, 0) is 4.74 Å². The minimum atomic E-state index is -0.879. The van der Waals surface area contributed by atoms with Crippen LogP contribution in [0.2, 0.25) is 0 Å². The molecule has 1 N–H and O–H groups in total. The third kappa shape index (κ3) is 5.04. The van der Waals surface area contributed by atoms with Gasteiger partial charge in [-0.25, -0.2) is 4.39 Å². The van der Waals surface area contributed by atoms with Gasteiger partial charge in [0, 0.05) is 5.92 Å². The number of hydrogen-bond donors (Lipinski definition) is 1. The standard InChI is InChI=1S/C27H38F2O3/c1-3-17-5-7-20(8-6-17)23-15-14-22(27(30)32-23)19-11-9-18(10-12-19)21-13-16-24(31-4-2)26(29)25(21)28/h3,13,16-20,22-23,27,30H,1,4-12,14-15H2,2H3. The van der Waals surface area contributed by atoms with Gasteiger partial charge >= 0.3 is 0 Å². The minimum Gasteiger partial charge on any atom is -0.491 e. The number of allylic oxidation sites excluding steroid dienone is 1. The summed E-state index contributed by atoms with van der Waals surface area (Å²) >= 11 is 0. The second-order valence-electron chi connectivity index (χ2n) is 10.0. The van der Waals surface area contributed by atoms with Crippen LogP contribution in [0.1, 0.15) is 82.6 Å². The Morgan fingerprint density at radius 1 is 0.969 bits per heavy atom. The molecule has 2 saturated carbocycles. The zero-order valence-electron chi connectivity index (χ0n) is 19.3. The molecule has 0 bridgehead atoms. The molecular weight excluding hydrogens is 410 g/mol. The maximum absolute atomic E-state index is 14.6. The first-order valence-corrected chi connectivity index (χ1v) is 12.6. The number of hydrogen-bond acceptors (Lipinski definition) is 3. The second kappa shape index (κ2) is 10.6. The van der Waals surface area contributed by atoms with Crippen LogP contribution in [-0.4, -0.2) is 24.1 Å². The highest BCUT2D eigenvalue weighted by Gasteiger charge is 2.40. The van der Waals surface area contributed by atoms with Gasteiger partial charge in [0.05, 0.1) is 12.7 Å². The summed E-state index contributed by atoms with van der Waals surface area (Å²) in [5.41, 5.74) is 0.458. The predicted molar refractivity (Wildman–Crippen MR) is 121 cm³/mol. The van der Waals surface area contributed by atoms with Gasteiger partial charge in [-0.3, -0.25) is 0 Å². The summed E-state index contributed by atoms with van der Waals surface area (Å²) in [5, 5.41) is 10.8. The second-order valence-corrected chi connectivity index (χ2v) is 10.0. The Bertz CT molecular complexity index is 766. The normalized spacial score (nSPS) is 35.9. The topological polar surface area (TPSA) is 38.7 Å². The summed E-state index contributed by atoms with van der Waals surface area (Å²) in [6.45, 7) is 5.99. The Morgan fingerprint density at radius 3 is 2.28 bits per heavy atom. The highest BCUT2D eigenvalue weighted by molar-refractivity contribution is 5.33. The van der Waals surface area contributed by atoms with Crippen LogP contribution in [0.5, 0.6) is 5.75 Å². The molecule has 1 saturated heterocycles. The Balaban J connectivity index is 1.29. The Kier molecular flexibility index (Phi) is 7.88. The lowest BCUT2D eigenvalue weighted by Crippen LogP contribution is -2.43. The van der Waals surface area contributed by atoms with E-state index in [1.54, 1.807) is 19.1 Å². The van der Waals surface area contributed by atoms with E-state index in [-0.39, 0.29) is 23.7 Å². The van der Waals surface area contributed by atoms with Crippen LogP contribution in [0.4, 0.5) is 8.78 Å². The molecule has 0 radical (unpaired) electrons. The zero-order valence-corrected chi connectivity index (χ0v) is 19.3. The molecule has 2 aliphatic carbocycles. The molecule has 3 atom stereocenters. The van der Waals surface area contributed by atoms with Gasteiger partial charge in [0.2, 0.25) is 5.82 Å². The van der Waals surface area contributed by atoms with Crippen molar-refractivity contribution in [2.24, 2.45) is 23.7 Å². The highest BCUT2D eigenvalue weighted by Crippen LogP contribution is 2.45. The average Bonchev–Trinajstić information content (AvgIpc) is 2.82. The van der Waals surface area contributed by atoms with E-state index in [1.807, 2.05) is 0 Å². The SMILES string of the molecule is C=CC1CCC(C2CCC(C3CCC(c4ccc(OCC)c(F)c4F)CC3)C(O)O2)CC1. The number of aliphatic hydroxyl groups is 1. The fraction of sp³-hybridized carbons (Fsp3) is 0.704. The largest absolute Gasteiger partial charge is 0.491 e. The van der Waals surface area contributed by atoms with Gasteiger partial charge in [0.1, 0.15) is 0 Å². The molecule has 3 fully saturated rings. The Morgan fingerprint density at radius 2 is 1.66 bits per heavy atom. The van der Waals surface area contributed by atoms with Gasteiger partial charge in [-0.2, -0.15) is 4.39 Å². The molecule has 0 spiro atoms. The van der Waals surface area contributed by atoms with Crippen LogP contribution in [0.3, 0.4) is 0 Å². The number of halogens is 2. The molecule has 3 unspecified atom stereocenters. The van der Waals surface area contributed by atoms with E-state index < -0.39 is 17.9 Å². The van der Waals surface area contributed by atoms with Gasteiger partial charge in [-0.05, 0) is 106 Å². The van der Waals surface area contributed by atoms with Crippen molar-refractivity contribution < 1.29 is 23.4 Å². The molecule has 3 nitrogen and oxygen atoms in total. The quantitative estimate of drug-likeness (QED) is 0.490. The van der Waals surface area contributed by atoms with Crippen LogP contribution in [0.25, 0.3) is 0 Å². The fourth-order valence-corrected chi connectivity index (χ4v) is 6.40. The first-order valence-electron chi connectivity index (χ1n) is 12.6. The summed E-state index contributed by atoms with van der Waals surface area (Å²) in [5.74, 6) is 0.0768. The van der Waals surface area contributed by atoms with Gasteiger partial charge in [0.15, 0.2) is 17.9 Å². The van der Waals surface area contributed by atoms with Crippen LogP contribution in [0, 0.1) is 35.3 Å². The Labute approximate surface area is 191 Å². The first-order chi connectivity index (χ1) is 15.5. The van der Waals surface area contributed by atoms with E-state index in [0.717, 1.165) is 51.4 Å². The van der Waals surface area contributed by atoms with Gasteiger partial charge in [0.25, 0.3) is 0 Å². The summed E-state index contributed by atoms with van der Waals surface area (Å²) in [4.78, 5) is 0. The molecule has 1 aromatic rings. The Hall–Kier alpha value is -1.46. The third-order valence-corrected chi connectivity index (χ3v) is 8.33. The lowest BCUT2D eigenvalue weighted by atomic mass is 9.70. The fourth-order valence-electron chi connectivity index (χ4n) is 6.40. The molecule has 4 rings (SSSR count). The molecule has 1 aromatic carbocycles. The van der Waals surface area contributed by atoms with Crippen molar-refractivity contribution in [2.75, 3.05) is 6.61 Å². The predicted octanol–water partition coefficient (Wildman–Crippen LogP) is 6.74. The summed E-state index contributed by atoms with van der Waals surface area (Å²) in [6.07, 6.45) is 11.7. The maximum Gasteiger partial charge on any atom is 0.200 e. The number of rotatable bonds is 6. The van der Waals surface area contributed by atoms with E-state index in [9.17, 15) is 13.9 Å². The van der Waals surface area contributed by atoms with E-state index in [0.29, 0.717) is 29.9 Å². The van der Waals surface area contributed by atoms with Gasteiger partial charge < -0.3 is 14.6 Å². The van der Waals surface area contributed by atoms with Crippen molar-refractivity contribution in [2.45, 2.75) is 89.4 Å². The molecular formula is C27H38F2O3. The number of benzene rings is 1. The molecule has 0 aromatic heterocycles. The van der Waals surface area contributed by atoms with Crippen LogP contribution >= 0.6 is 0 Å². The monoisotopic (exact) mass is 448 g/mol. The summed E-state index contributed by atoms with van der Waals surface area (Å²) in [7, 11) is 0. The van der Waals surface area contributed by atoms with Crippen LogP contribution in [0.15, 0.2) is 24.8 Å². The van der Waals surface area contributed by atoms with Gasteiger partial charge in [-0.1, -0.05) is 12.1 Å². The first kappa shape index (κ1) is 23.7. The molecule has 1 aliphatic heterocycles. The van der Waals surface area contributed by atoms with Crippen LogP contribution < -0.4 is 4.74 Å². The maximum atomic E-state index is 14.6. The highest BCUT2D eigenvalue weighted by atomic mass is 19.2. The number of ether oxygens (including phenoxy) is 2. The lowest BCUT2D eigenvalue weighted by Gasteiger charge is -2.43. The van der Waals surface area contributed by atoms with Crippen molar-refractivity contribution >= 4 is 0 Å². The minimum absolute atomic E-state index is 0.0163. The summed E-state index contributed by atoms with van der Waals surface area (Å²) in [6, 6.07) is 3.23. The molecule has 32 heavy (non-hydrogen) atoms. The van der Waals surface area contributed by atoms with Crippen molar-refractivity contribution in [3.05, 3.63) is 42.0 Å². The molecule has 0 amide bonds. The molecule has 5 heteroatoms. The van der Waals surface area contributed by atoms with E-state index in [2.05, 4.69) is 12.7 Å². The third-order valence-electron chi connectivity index (χ3n) is 8.33. The van der Waals surface area contributed by atoms with Crippen molar-refractivity contribution in [1.29, 1.82) is 0 Å². The smallest absolute Gasteiger partial charge is 0.200 e.